The van der Waals surface area contributed by atoms with Crippen molar-refractivity contribution in [1.29, 1.82) is 0 Å². The number of rotatable bonds is 5. The molecule has 2 saturated carbocycles. The third kappa shape index (κ3) is 3.29. The largest absolute Gasteiger partial charge is 0.335 e. The van der Waals surface area contributed by atoms with Crippen molar-refractivity contribution in [3.63, 3.8) is 0 Å². The van der Waals surface area contributed by atoms with Gasteiger partial charge in [-0.3, -0.25) is 14.2 Å². The molecule has 22 heavy (non-hydrogen) atoms. The van der Waals surface area contributed by atoms with E-state index in [4.69, 9.17) is 0 Å². The van der Waals surface area contributed by atoms with Crippen LogP contribution in [-0.4, -0.2) is 27.5 Å². The van der Waals surface area contributed by atoms with Gasteiger partial charge in [-0.1, -0.05) is 24.7 Å². The number of amides is 1. The summed E-state index contributed by atoms with van der Waals surface area (Å²) >= 11 is 1.18. The lowest BCUT2D eigenvalue weighted by Crippen LogP contribution is -2.46. The molecule has 5 heteroatoms. The first-order chi connectivity index (χ1) is 10.6. The quantitative estimate of drug-likeness (QED) is 0.835. The predicted molar refractivity (Wildman–Crippen MR) is 89.2 cm³/mol. The summed E-state index contributed by atoms with van der Waals surface area (Å²) in [6.07, 6.45) is 8.29. The maximum Gasteiger partial charge on any atom is 0.307 e. The van der Waals surface area contributed by atoms with Crippen molar-refractivity contribution in [1.82, 2.24) is 9.47 Å². The Morgan fingerprint density at radius 3 is 2.27 bits per heavy atom. The predicted octanol–water partition coefficient (Wildman–Crippen LogP) is 3.18. The summed E-state index contributed by atoms with van der Waals surface area (Å²) in [5.74, 6) is 0.986. The maximum absolute atomic E-state index is 12.8. The van der Waals surface area contributed by atoms with E-state index in [0.29, 0.717) is 12.1 Å². The molecule has 0 saturated heterocycles. The zero-order chi connectivity index (χ0) is 15.7. The van der Waals surface area contributed by atoms with Gasteiger partial charge in [0.05, 0.1) is 0 Å². The minimum atomic E-state index is -0.0173. The highest BCUT2D eigenvalue weighted by molar-refractivity contribution is 7.07. The highest BCUT2D eigenvalue weighted by Crippen LogP contribution is 2.36. The van der Waals surface area contributed by atoms with Gasteiger partial charge in [-0.2, -0.15) is 0 Å². The van der Waals surface area contributed by atoms with Crippen LogP contribution in [0.1, 0.15) is 57.6 Å². The monoisotopic (exact) mass is 322 g/mol. The first kappa shape index (κ1) is 15.8. The van der Waals surface area contributed by atoms with Gasteiger partial charge in [0, 0.05) is 23.2 Å². The summed E-state index contributed by atoms with van der Waals surface area (Å²) in [4.78, 5) is 26.8. The van der Waals surface area contributed by atoms with Crippen LogP contribution in [0.5, 0.6) is 0 Å². The molecule has 1 aromatic rings. The van der Waals surface area contributed by atoms with Crippen LogP contribution in [0, 0.1) is 12.8 Å². The lowest BCUT2D eigenvalue weighted by molar-refractivity contribution is -0.135. The number of carbonyl (C=O) groups is 1. The van der Waals surface area contributed by atoms with Crippen molar-refractivity contribution in [2.24, 2.45) is 5.92 Å². The number of thiazole rings is 1. The van der Waals surface area contributed by atoms with Crippen LogP contribution < -0.4 is 4.87 Å². The van der Waals surface area contributed by atoms with Crippen LogP contribution in [0.3, 0.4) is 0 Å². The number of hydrogen-bond acceptors (Lipinski definition) is 3. The molecule has 0 radical (unpaired) electrons. The Morgan fingerprint density at radius 2 is 1.82 bits per heavy atom. The number of aromatic nitrogens is 1. The summed E-state index contributed by atoms with van der Waals surface area (Å²) < 4.78 is 1.63. The van der Waals surface area contributed by atoms with Crippen LogP contribution in [0.2, 0.25) is 0 Å². The Kier molecular flexibility index (Phi) is 4.71. The molecule has 0 bridgehead atoms. The second-order valence-electron chi connectivity index (χ2n) is 6.84. The first-order valence-electron chi connectivity index (χ1n) is 8.56. The zero-order valence-corrected chi connectivity index (χ0v) is 14.4. The third-order valence-electron chi connectivity index (χ3n) is 5.29. The van der Waals surface area contributed by atoms with Crippen molar-refractivity contribution in [3.8, 4) is 0 Å². The van der Waals surface area contributed by atoms with E-state index < -0.39 is 0 Å². The van der Waals surface area contributed by atoms with E-state index in [2.05, 4.69) is 11.8 Å². The van der Waals surface area contributed by atoms with Crippen LogP contribution >= 0.6 is 11.3 Å². The van der Waals surface area contributed by atoms with E-state index in [9.17, 15) is 9.59 Å². The second kappa shape index (κ2) is 6.57. The lowest BCUT2D eigenvalue weighted by atomic mass is 9.84. The molecular weight excluding hydrogens is 296 g/mol. The lowest BCUT2D eigenvalue weighted by Gasteiger charge is -2.37. The molecule has 1 heterocycles. The molecule has 1 amide bonds. The Bertz CT molecular complexity index is 580. The number of carbonyl (C=O) groups excluding carboxylic acids is 1. The van der Waals surface area contributed by atoms with Crippen LogP contribution in [0.15, 0.2) is 10.2 Å². The minimum absolute atomic E-state index is 0.0173. The summed E-state index contributed by atoms with van der Waals surface area (Å²) in [5, 5.41) is 1.84. The van der Waals surface area contributed by atoms with Crippen molar-refractivity contribution in [2.75, 3.05) is 0 Å². The average Bonchev–Trinajstić information content (AvgIpc) is 3.30. The molecular formula is C17H26N2O2S. The summed E-state index contributed by atoms with van der Waals surface area (Å²) in [7, 11) is 0. The fourth-order valence-electron chi connectivity index (χ4n) is 3.70. The highest BCUT2D eigenvalue weighted by Gasteiger charge is 2.38. The Labute approximate surface area is 136 Å². The van der Waals surface area contributed by atoms with Gasteiger partial charge in [0.25, 0.3) is 0 Å². The van der Waals surface area contributed by atoms with Gasteiger partial charge < -0.3 is 4.90 Å². The first-order valence-corrected chi connectivity index (χ1v) is 9.44. The van der Waals surface area contributed by atoms with Gasteiger partial charge in [0.15, 0.2) is 0 Å². The van der Waals surface area contributed by atoms with E-state index in [1.54, 1.807) is 4.57 Å². The number of hydrogen-bond donors (Lipinski definition) is 0. The van der Waals surface area contributed by atoms with Crippen LogP contribution in [-0.2, 0) is 11.3 Å². The van der Waals surface area contributed by atoms with E-state index in [1.165, 1.54) is 30.6 Å². The van der Waals surface area contributed by atoms with Gasteiger partial charge in [-0.25, -0.2) is 0 Å². The van der Waals surface area contributed by atoms with E-state index >= 15 is 0 Å². The molecule has 4 nitrogen and oxygen atoms in total. The summed E-state index contributed by atoms with van der Waals surface area (Å²) in [6.45, 7) is 4.39. The molecule has 2 fully saturated rings. The molecule has 0 aliphatic heterocycles. The van der Waals surface area contributed by atoms with Gasteiger partial charge in [0.2, 0.25) is 5.91 Å². The molecule has 0 atom stereocenters. The molecule has 0 N–H and O–H groups in total. The van der Waals surface area contributed by atoms with Crippen LogP contribution in [0.4, 0.5) is 0 Å². The molecule has 2 aliphatic rings. The van der Waals surface area contributed by atoms with E-state index in [1.807, 2.05) is 12.3 Å². The van der Waals surface area contributed by atoms with E-state index in [0.717, 1.165) is 37.3 Å². The standard InChI is InChI=1S/C17H26N2O2S/c1-3-13-4-6-14(7-5-13)19(15-8-9-15)16(20)10-18-12(2)11-22-17(18)21/h11,13-15H,3-10H2,1-2H3. The fourth-order valence-corrected chi connectivity index (χ4v) is 4.44. The molecule has 2 aliphatic carbocycles. The second-order valence-corrected chi connectivity index (χ2v) is 7.66. The van der Waals surface area contributed by atoms with Gasteiger partial charge in [0.1, 0.15) is 6.54 Å². The minimum Gasteiger partial charge on any atom is -0.335 e. The van der Waals surface area contributed by atoms with Gasteiger partial charge >= 0.3 is 4.87 Å². The highest BCUT2D eigenvalue weighted by atomic mass is 32.1. The molecule has 1 aromatic heterocycles. The molecule has 0 unspecified atom stereocenters. The maximum atomic E-state index is 12.8. The Balaban J connectivity index is 1.69. The van der Waals surface area contributed by atoms with Gasteiger partial charge in [-0.05, 0) is 51.4 Å². The average molecular weight is 322 g/mol. The Hall–Kier alpha value is -1.10. The molecule has 3 rings (SSSR count). The van der Waals surface area contributed by atoms with Crippen LogP contribution in [0.25, 0.3) is 0 Å². The third-order valence-corrected chi connectivity index (χ3v) is 6.17. The molecule has 122 valence electrons. The molecule has 0 aromatic carbocycles. The van der Waals surface area contributed by atoms with Crippen molar-refractivity contribution in [3.05, 3.63) is 20.7 Å². The Morgan fingerprint density at radius 1 is 1.23 bits per heavy atom. The number of nitrogens with zero attached hydrogens (tertiary/aromatic N) is 2. The number of aryl methyl sites for hydroxylation is 1. The van der Waals surface area contributed by atoms with Crippen molar-refractivity contribution < 1.29 is 4.79 Å². The topological polar surface area (TPSA) is 42.3 Å². The fraction of sp³-hybridized carbons (Fsp3) is 0.765. The summed E-state index contributed by atoms with van der Waals surface area (Å²) in [6, 6.07) is 0.836. The van der Waals surface area contributed by atoms with E-state index in [-0.39, 0.29) is 17.3 Å². The van der Waals surface area contributed by atoms with Gasteiger partial charge in [-0.15, -0.1) is 0 Å². The smallest absolute Gasteiger partial charge is 0.307 e. The zero-order valence-electron chi connectivity index (χ0n) is 13.6. The summed E-state index contributed by atoms with van der Waals surface area (Å²) in [5.41, 5.74) is 0.897. The molecule has 0 spiro atoms. The normalized spacial score (nSPS) is 25.2. The van der Waals surface area contributed by atoms with Crippen molar-refractivity contribution >= 4 is 17.2 Å². The van der Waals surface area contributed by atoms with Crippen molar-refractivity contribution in [2.45, 2.75) is 77.4 Å². The SMILES string of the molecule is CCC1CCC(N(C(=O)Cn2c(C)csc2=O)C2CC2)CC1.